The van der Waals surface area contributed by atoms with Crippen molar-refractivity contribution in [3.63, 3.8) is 0 Å². The van der Waals surface area contributed by atoms with E-state index in [-0.39, 0.29) is 12.5 Å². The van der Waals surface area contributed by atoms with Crippen LogP contribution in [0.4, 0.5) is 5.69 Å². The largest absolute Gasteiger partial charge is 0.357 e. The number of amides is 2. The molecule has 0 aliphatic heterocycles. The van der Waals surface area contributed by atoms with E-state index in [9.17, 15) is 18.0 Å². The second-order valence-corrected chi connectivity index (χ2v) is 9.84. The Kier molecular flexibility index (Phi) is 8.08. The maximum atomic E-state index is 13.3. The minimum Gasteiger partial charge on any atom is -0.357 e. The highest BCUT2D eigenvalue weighted by Crippen LogP contribution is 2.26. The SMILES string of the molecule is CNC(=O)C(C)N(Cc1cccc(C)c1)C(=O)CN(c1ccc(Cl)cc1C)S(C)(=O)=O. The van der Waals surface area contributed by atoms with Crippen LogP contribution in [0.1, 0.15) is 23.6 Å². The van der Waals surface area contributed by atoms with E-state index in [4.69, 9.17) is 11.6 Å². The van der Waals surface area contributed by atoms with Gasteiger partial charge in [-0.3, -0.25) is 13.9 Å². The first-order chi connectivity index (χ1) is 14.4. The number of anilines is 1. The summed E-state index contributed by atoms with van der Waals surface area (Å²) in [6.07, 6.45) is 1.04. The molecule has 1 atom stereocenters. The molecule has 9 heteroatoms. The monoisotopic (exact) mass is 465 g/mol. The van der Waals surface area contributed by atoms with Crippen LogP contribution in [0.25, 0.3) is 0 Å². The van der Waals surface area contributed by atoms with E-state index < -0.39 is 28.5 Å². The lowest BCUT2D eigenvalue weighted by Crippen LogP contribution is -2.50. The van der Waals surface area contributed by atoms with E-state index in [1.807, 2.05) is 31.2 Å². The Morgan fingerprint density at radius 3 is 2.35 bits per heavy atom. The molecule has 0 aliphatic carbocycles. The van der Waals surface area contributed by atoms with Crippen molar-refractivity contribution in [2.75, 3.05) is 24.2 Å². The number of hydrogen-bond donors (Lipinski definition) is 1. The van der Waals surface area contributed by atoms with Gasteiger partial charge < -0.3 is 10.2 Å². The zero-order valence-electron chi connectivity index (χ0n) is 18.3. The number of hydrogen-bond acceptors (Lipinski definition) is 4. The lowest BCUT2D eigenvalue weighted by molar-refractivity contribution is -0.139. The fourth-order valence-corrected chi connectivity index (χ4v) is 4.43. The van der Waals surface area contributed by atoms with Crippen molar-refractivity contribution in [3.05, 3.63) is 64.2 Å². The number of halogens is 1. The molecule has 2 rings (SSSR count). The Morgan fingerprint density at radius 1 is 1.13 bits per heavy atom. The molecule has 2 aromatic rings. The summed E-state index contributed by atoms with van der Waals surface area (Å²) in [6.45, 7) is 5.01. The molecule has 168 valence electrons. The minimum atomic E-state index is -3.77. The molecule has 2 amide bonds. The van der Waals surface area contributed by atoms with Crippen molar-refractivity contribution in [2.45, 2.75) is 33.4 Å². The van der Waals surface area contributed by atoms with Gasteiger partial charge in [-0.25, -0.2) is 8.42 Å². The number of nitrogens with zero attached hydrogens (tertiary/aromatic N) is 2. The van der Waals surface area contributed by atoms with Crippen LogP contribution in [-0.2, 0) is 26.2 Å². The first kappa shape index (κ1) is 24.7. The third-order valence-corrected chi connectivity index (χ3v) is 6.32. The molecule has 0 saturated heterocycles. The molecule has 0 aromatic heterocycles. The molecule has 0 spiro atoms. The topological polar surface area (TPSA) is 86.8 Å². The zero-order valence-corrected chi connectivity index (χ0v) is 19.9. The highest BCUT2D eigenvalue weighted by molar-refractivity contribution is 7.92. The average molecular weight is 466 g/mol. The van der Waals surface area contributed by atoms with Crippen LogP contribution in [0.3, 0.4) is 0 Å². The lowest BCUT2D eigenvalue weighted by Gasteiger charge is -2.31. The number of carbonyl (C=O) groups is 2. The van der Waals surface area contributed by atoms with Crippen molar-refractivity contribution in [3.8, 4) is 0 Å². The van der Waals surface area contributed by atoms with Crippen LogP contribution in [-0.4, -0.2) is 51.0 Å². The number of sulfonamides is 1. The molecule has 2 aromatic carbocycles. The quantitative estimate of drug-likeness (QED) is 0.649. The molecule has 1 unspecified atom stereocenters. The Labute approximate surface area is 189 Å². The van der Waals surface area contributed by atoms with Gasteiger partial charge in [0.2, 0.25) is 21.8 Å². The normalized spacial score (nSPS) is 12.2. The van der Waals surface area contributed by atoms with Crippen LogP contribution in [0, 0.1) is 13.8 Å². The number of benzene rings is 2. The third-order valence-electron chi connectivity index (χ3n) is 4.96. The predicted octanol–water partition coefficient (Wildman–Crippen LogP) is 2.89. The maximum absolute atomic E-state index is 13.3. The first-order valence-electron chi connectivity index (χ1n) is 9.74. The van der Waals surface area contributed by atoms with Crippen molar-refractivity contribution >= 4 is 39.1 Å². The smallest absolute Gasteiger partial charge is 0.244 e. The number of aryl methyl sites for hydroxylation is 2. The molecule has 1 N–H and O–H groups in total. The van der Waals surface area contributed by atoms with E-state index in [1.54, 1.807) is 32.0 Å². The third kappa shape index (κ3) is 6.45. The molecular weight excluding hydrogens is 438 g/mol. The number of rotatable bonds is 8. The lowest BCUT2D eigenvalue weighted by atomic mass is 10.1. The Balaban J connectivity index is 2.42. The fourth-order valence-electron chi connectivity index (χ4n) is 3.29. The first-order valence-corrected chi connectivity index (χ1v) is 12.0. The van der Waals surface area contributed by atoms with Crippen LogP contribution in [0.15, 0.2) is 42.5 Å². The second-order valence-electron chi connectivity index (χ2n) is 7.50. The summed E-state index contributed by atoms with van der Waals surface area (Å²) < 4.78 is 26.1. The van der Waals surface area contributed by atoms with Gasteiger partial charge in [0.15, 0.2) is 0 Å². The molecule has 0 saturated carbocycles. The van der Waals surface area contributed by atoms with Gasteiger partial charge in [0.1, 0.15) is 12.6 Å². The molecule has 7 nitrogen and oxygen atoms in total. The van der Waals surface area contributed by atoms with Gasteiger partial charge in [-0.2, -0.15) is 0 Å². The zero-order chi connectivity index (χ0) is 23.3. The molecular formula is C22H28ClN3O4S. The van der Waals surface area contributed by atoms with Crippen LogP contribution >= 0.6 is 11.6 Å². The summed E-state index contributed by atoms with van der Waals surface area (Å²) in [5, 5.41) is 3.02. The van der Waals surface area contributed by atoms with Gasteiger partial charge in [0.05, 0.1) is 11.9 Å². The second kappa shape index (κ2) is 10.2. The molecule has 0 fully saturated rings. The molecule has 0 bridgehead atoms. The molecule has 0 heterocycles. The fraction of sp³-hybridized carbons (Fsp3) is 0.364. The predicted molar refractivity (Wildman–Crippen MR) is 124 cm³/mol. The summed E-state index contributed by atoms with van der Waals surface area (Å²) in [5.74, 6) is -0.827. The van der Waals surface area contributed by atoms with Gasteiger partial charge in [-0.05, 0) is 50.1 Å². The van der Waals surface area contributed by atoms with Gasteiger partial charge in [0, 0.05) is 18.6 Å². The molecule has 31 heavy (non-hydrogen) atoms. The number of carbonyl (C=O) groups excluding carboxylic acids is 2. The van der Waals surface area contributed by atoms with Crippen LogP contribution in [0.2, 0.25) is 5.02 Å². The van der Waals surface area contributed by atoms with E-state index in [0.29, 0.717) is 16.3 Å². The standard InChI is InChI=1S/C22H28ClN3O4S/c1-15-7-6-8-18(11-15)13-25(17(3)22(28)24-4)21(27)14-26(31(5,29)30)20-10-9-19(23)12-16(20)2/h6-12,17H,13-14H2,1-5H3,(H,24,28). The summed E-state index contributed by atoms with van der Waals surface area (Å²) in [7, 11) is -2.28. The van der Waals surface area contributed by atoms with Crippen molar-refractivity contribution in [1.82, 2.24) is 10.2 Å². The number of nitrogens with one attached hydrogen (secondary N) is 1. The Bertz CT molecular complexity index is 1070. The van der Waals surface area contributed by atoms with E-state index in [2.05, 4.69) is 5.32 Å². The average Bonchev–Trinajstić information content (AvgIpc) is 2.68. The van der Waals surface area contributed by atoms with Gasteiger partial charge in [0.25, 0.3) is 0 Å². The summed E-state index contributed by atoms with van der Waals surface area (Å²) >= 11 is 6.00. The summed E-state index contributed by atoms with van der Waals surface area (Å²) in [6, 6.07) is 11.6. The summed E-state index contributed by atoms with van der Waals surface area (Å²) in [4.78, 5) is 27.0. The molecule has 0 radical (unpaired) electrons. The minimum absolute atomic E-state index is 0.173. The van der Waals surface area contributed by atoms with Crippen molar-refractivity contribution in [1.29, 1.82) is 0 Å². The van der Waals surface area contributed by atoms with Crippen molar-refractivity contribution in [2.24, 2.45) is 0 Å². The van der Waals surface area contributed by atoms with E-state index >= 15 is 0 Å². The Morgan fingerprint density at radius 2 is 1.81 bits per heavy atom. The number of likely N-dealkylation sites (N-methyl/N-ethyl adjacent to an activating group) is 1. The highest BCUT2D eigenvalue weighted by Gasteiger charge is 2.30. The van der Waals surface area contributed by atoms with Crippen molar-refractivity contribution < 1.29 is 18.0 Å². The van der Waals surface area contributed by atoms with Crippen LogP contribution < -0.4 is 9.62 Å². The maximum Gasteiger partial charge on any atom is 0.244 e. The highest BCUT2D eigenvalue weighted by atomic mass is 35.5. The van der Waals surface area contributed by atoms with Gasteiger partial charge in [-0.15, -0.1) is 0 Å². The van der Waals surface area contributed by atoms with Gasteiger partial charge in [-0.1, -0.05) is 41.4 Å². The molecule has 0 aliphatic rings. The summed E-state index contributed by atoms with van der Waals surface area (Å²) in [5.41, 5.74) is 2.85. The Hall–Kier alpha value is -2.58. The van der Waals surface area contributed by atoms with E-state index in [0.717, 1.165) is 21.7 Å². The van der Waals surface area contributed by atoms with E-state index in [1.165, 1.54) is 11.9 Å². The van der Waals surface area contributed by atoms with Crippen LogP contribution in [0.5, 0.6) is 0 Å². The van der Waals surface area contributed by atoms with Gasteiger partial charge >= 0.3 is 0 Å².